The minimum Gasteiger partial charge on any atom is -0.338 e. The number of rotatable bonds is 5. The Morgan fingerprint density at radius 3 is 3.00 bits per heavy atom. The Morgan fingerprint density at radius 2 is 2.30 bits per heavy atom. The van der Waals surface area contributed by atoms with E-state index >= 15 is 0 Å². The van der Waals surface area contributed by atoms with Crippen LogP contribution in [-0.4, -0.2) is 46.0 Å². The quantitative estimate of drug-likeness (QED) is 0.905. The fourth-order valence-electron chi connectivity index (χ4n) is 4.10. The molecule has 3 unspecified atom stereocenters. The van der Waals surface area contributed by atoms with Gasteiger partial charge in [0.2, 0.25) is 5.91 Å². The summed E-state index contributed by atoms with van der Waals surface area (Å²) >= 11 is 0. The van der Waals surface area contributed by atoms with E-state index in [9.17, 15) is 4.79 Å². The molecule has 128 valence electrons. The number of amides is 1. The molecule has 1 aromatic rings. The van der Waals surface area contributed by atoms with E-state index in [4.69, 9.17) is 0 Å². The van der Waals surface area contributed by atoms with E-state index in [2.05, 4.69) is 26.7 Å². The van der Waals surface area contributed by atoms with Crippen molar-refractivity contribution in [3.8, 4) is 0 Å². The third kappa shape index (κ3) is 3.94. The molecule has 2 saturated heterocycles. The lowest BCUT2D eigenvalue weighted by Crippen LogP contribution is -2.40. The monoisotopic (exact) mass is 318 g/mol. The molecule has 0 spiro atoms. The van der Waals surface area contributed by atoms with Crippen molar-refractivity contribution >= 4 is 5.91 Å². The Balaban J connectivity index is 1.56. The number of aromatic nitrogens is 2. The van der Waals surface area contributed by atoms with Gasteiger partial charge >= 0.3 is 0 Å². The van der Waals surface area contributed by atoms with Crippen molar-refractivity contribution in [2.75, 3.05) is 19.6 Å². The van der Waals surface area contributed by atoms with Gasteiger partial charge in [0.05, 0.1) is 0 Å². The van der Waals surface area contributed by atoms with E-state index in [1.807, 2.05) is 19.3 Å². The van der Waals surface area contributed by atoms with Gasteiger partial charge in [-0.05, 0) is 57.5 Å². The fourth-order valence-corrected chi connectivity index (χ4v) is 4.10. The van der Waals surface area contributed by atoms with Crippen molar-refractivity contribution in [3.05, 3.63) is 18.2 Å². The molecule has 23 heavy (non-hydrogen) atoms. The molecule has 0 aromatic carbocycles. The molecule has 3 heterocycles. The highest BCUT2D eigenvalue weighted by molar-refractivity contribution is 5.77. The number of hydrogen-bond donors (Lipinski definition) is 1. The first kappa shape index (κ1) is 16.5. The Labute approximate surface area is 139 Å². The number of nitrogens with zero attached hydrogens (tertiary/aromatic N) is 3. The molecule has 2 aliphatic rings. The van der Waals surface area contributed by atoms with E-state index in [0.717, 1.165) is 44.8 Å². The summed E-state index contributed by atoms with van der Waals surface area (Å²) in [5, 5.41) is 3.47. The van der Waals surface area contributed by atoms with E-state index in [1.54, 1.807) is 0 Å². The maximum absolute atomic E-state index is 12.8. The predicted molar refractivity (Wildman–Crippen MR) is 91.1 cm³/mol. The molecule has 1 amide bonds. The number of piperidine rings is 1. The van der Waals surface area contributed by atoms with Gasteiger partial charge in [-0.3, -0.25) is 4.79 Å². The number of likely N-dealkylation sites (tertiary alicyclic amines) is 1. The van der Waals surface area contributed by atoms with Gasteiger partial charge < -0.3 is 14.8 Å². The number of carbonyl (C=O) groups excluding carboxylic acids is 1. The van der Waals surface area contributed by atoms with Gasteiger partial charge in [-0.25, -0.2) is 4.98 Å². The second-order valence-corrected chi connectivity index (χ2v) is 7.30. The maximum Gasteiger partial charge on any atom is 0.223 e. The maximum atomic E-state index is 12.8. The molecule has 2 aliphatic heterocycles. The van der Waals surface area contributed by atoms with Gasteiger partial charge in [-0.2, -0.15) is 0 Å². The summed E-state index contributed by atoms with van der Waals surface area (Å²) in [4.78, 5) is 19.2. The molecule has 0 aliphatic carbocycles. The summed E-state index contributed by atoms with van der Waals surface area (Å²) in [6, 6.07) is 0.340. The van der Waals surface area contributed by atoms with Gasteiger partial charge in [-0.15, -0.1) is 0 Å². The van der Waals surface area contributed by atoms with Crippen LogP contribution in [0, 0.1) is 18.8 Å². The highest BCUT2D eigenvalue weighted by atomic mass is 16.2. The minimum atomic E-state index is 0.340. The van der Waals surface area contributed by atoms with Crippen LogP contribution in [-0.2, 0) is 11.3 Å². The largest absolute Gasteiger partial charge is 0.338 e. The molecule has 3 atom stereocenters. The molecule has 5 heteroatoms. The summed E-state index contributed by atoms with van der Waals surface area (Å²) in [7, 11) is 0. The number of aryl methyl sites for hydroxylation is 1. The normalized spacial score (nSPS) is 26.4. The third-order valence-corrected chi connectivity index (χ3v) is 5.66. The number of nitrogens with one attached hydrogen (secondary N) is 1. The Hall–Kier alpha value is -1.36. The van der Waals surface area contributed by atoms with Crippen LogP contribution in [0.15, 0.2) is 12.4 Å². The molecule has 0 radical (unpaired) electrons. The third-order valence-electron chi connectivity index (χ3n) is 5.66. The first-order chi connectivity index (χ1) is 11.1. The van der Waals surface area contributed by atoms with Crippen LogP contribution < -0.4 is 5.32 Å². The van der Waals surface area contributed by atoms with Crippen LogP contribution in [0.25, 0.3) is 0 Å². The van der Waals surface area contributed by atoms with Crippen LogP contribution >= 0.6 is 0 Å². The SMILES string of the molecule is Cc1nccn1CC1CCCN1C(=O)CC(C)C1CCCNC1. The number of hydrogen-bond acceptors (Lipinski definition) is 3. The van der Waals surface area contributed by atoms with Crippen molar-refractivity contribution in [3.63, 3.8) is 0 Å². The standard InChI is InChI=1S/C18H30N4O/c1-14(16-5-3-7-19-12-16)11-18(23)22-9-4-6-17(22)13-21-10-8-20-15(21)2/h8,10,14,16-17,19H,3-7,9,11-13H2,1-2H3. The van der Waals surface area contributed by atoms with Gasteiger partial charge in [0.1, 0.15) is 5.82 Å². The summed E-state index contributed by atoms with van der Waals surface area (Å²) in [6.07, 6.45) is 9.31. The van der Waals surface area contributed by atoms with Crippen LogP contribution in [0.3, 0.4) is 0 Å². The van der Waals surface area contributed by atoms with Crippen molar-refractivity contribution in [1.29, 1.82) is 0 Å². The summed E-state index contributed by atoms with van der Waals surface area (Å²) in [6.45, 7) is 8.30. The lowest BCUT2D eigenvalue weighted by Gasteiger charge is -2.31. The van der Waals surface area contributed by atoms with E-state index in [0.29, 0.717) is 30.2 Å². The first-order valence-electron chi connectivity index (χ1n) is 9.13. The zero-order valence-corrected chi connectivity index (χ0v) is 14.5. The Morgan fingerprint density at radius 1 is 1.43 bits per heavy atom. The second kappa shape index (κ2) is 7.47. The van der Waals surface area contributed by atoms with E-state index in [1.165, 1.54) is 12.8 Å². The predicted octanol–water partition coefficient (Wildman–Crippen LogP) is 2.21. The average molecular weight is 318 g/mol. The Bertz CT molecular complexity index is 521. The van der Waals surface area contributed by atoms with Crippen molar-refractivity contribution < 1.29 is 4.79 Å². The molecule has 1 N–H and O–H groups in total. The summed E-state index contributed by atoms with van der Waals surface area (Å²) < 4.78 is 2.17. The fraction of sp³-hybridized carbons (Fsp3) is 0.778. The lowest BCUT2D eigenvalue weighted by atomic mass is 9.85. The Kier molecular flexibility index (Phi) is 5.36. The second-order valence-electron chi connectivity index (χ2n) is 7.30. The summed E-state index contributed by atoms with van der Waals surface area (Å²) in [5.74, 6) is 2.52. The molecule has 3 rings (SSSR count). The minimum absolute atomic E-state index is 0.340. The topological polar surface area (TPSA) is 50.2 Å². The highest BCUT2D eigenvalue weighted by Crippen LogP contribution is 2.26. The molecular weight excluding hydrogens is 288 g/mol. The smallest absolute Gasteiger partial charge is 0.223 e. The first-order valence-corrected chi connectivity index (χ1v) is 9.13. The molecule has 2 fully saturated rings. The molecule has 0 saturated carbocycles. The van der Waals surface area contributed by atoms with Crippen LogP contribution in [0.4, 0.5) is 0 Å². The zero-order chi connectivity index (χ0) is 16.2. The molecule has 0 bridgehead atoms. The van der Waals surface area contributed by atoms with Crippen LogP contribution in [0.5, 0.6) is 0 Å². The van der Waals surface area contributed by atoms with Crippen LogP contribution in [0.1, 0.15) is 44.9 Å². The number of carbonyl (C=O) groups is 1. The van der Waals surface area contributed by atoms with Crippen LogP contribution in [0.2, 0.25) is 0 Å². The molecule has 5 nitrogen and oxygen atoms in total. The van der Waals surface area contributed by atoms with Crippen molar-refractivity contribution in [1.82, 2.24) is 19.8 Å². The van der Waals surface area contributed by atoms with Gasteiger partial charge in [0.15, 0.2) is 0 Å². The molecular formula is C18H30N4O. The van der Waals surface area contributed by atoms with Crippen molar-refractivity contribution in [2.45, 2.75) is 58.5 Å². The van der Waals surface area contributed by atoms with E-state index in [-0.39, 0.29) is 0 Å². The highest BCUT2D eigenvalue weighted by Gasteiger charge is 2.31. The van der Waals surface area contributed by atoms with Gasteiger partial charge in [0, 0.05) is 37.9 Å². The lowest BCUT2D eigenvalue weighted by molar-refractivity contribution is -0.133. The number of imidazole rings is 1. The summed E-state index contributed by atoms with van der Waals surface area (Å²) in [5.41, 5.74) is 0. The average Bonchev–Trinajstić information content (AvgIpc) is 3.18. The zero-order valence-electron chi connectivity index (χ0n) is 14.5. The van der Waals surface area contributed by atoms with E-state index < -0.39 is 0 Å². The van der Waals surface area contributed by atoms with Gasteiger partial charge in [-0.1, -0.05) is 6.92 Å². The van der Waals surface area contributed by atoms with Gasteiger partial charge in [0.25, 0.3) is 0 Å². The van der Waals surface area contributed by atoms with Crippen molar-refractivity contribution in [2.24, 2.45) is 11.8 Å². The molecule has 1 aromatic heterocycles.